The molecule has 0 amide bonds. The van der Waals surface area contributed by atoms with Crippen LogP contribution < -0.4 is 4.57 Å². The van der Waals surface area contributed by atoms with Crippen LogP contribution in [-0.4, -0.2) is 23.2 Å². The van der Waals surface area contributed by atoms with E-state index in [1.165, 1.54) is 12.0 Å². The maximum Gasteiger partial charge on any atom is 0.303 e. The fourth-order valence-electron chi connectivity index (χ4n) is 4.40. The molecule has 7 heteroatoms. The van der Waals surface area contributed by atoms with E-state index in [9.17, 15) is 4.79 Å². The summed E-state index contributed by atoms with van der Waals surface area (Å²) in [4.78, 5) is 16.6. The lowest BCUT2D eigenvalue weighted by molar-refractivity contribution is -0.671. The number of aromatic nitrogens is 2. The Hall–Kier alpha value is -3.42. The number of fused-ring (bicyclic) bond motifs is 4. The third kappa shape index (κ3) is 4.36. The van der Waals surface area contributed by atoms with Crippen LogP contribution in [0.5, 0.6) is 0 Å². The molecule has 5 aromatic rings. The zero-order valence-corrected chi connectivity index (χ0v) is 19.7. The molecule has 0 spiro atoms. The molecule has 5 rings (SSSR count). The van der Waals surface area contributed by atoms with Crippen molar-refractivity contribution in [2.45, 2.75) is 37.1 Å². The molecule has 1 N–H and O–H groups in total. The number of carbonyl (C=O) groups is 1. The third-order valence-corrected chi connectivity index (χ3v) is 6.67. The highest BCUT2D eigenvalue weighted by Gasteiger charge is 2.19. The highest BCUT2D eigenvalue weighted by molar-refractivity contribution is 7.95. The van der Waals surface area contributed by atoms with Crippen molar-refractivity contribution in [1.82, 2.24) is 4.98 Å². The fourth-order valence-corrected chi connectivity index (χ4v) is 5.00. The maximum absolute atomic E-state index is 10.7. The summed E-state index contributed by atoms with van der Waals surface area (Å²) in [6, 6.07) is 20.4. The summed E-state index contributed by atoms with van der Waals surface area (Å²) in [5.74, 6) is -0.147. The van der Waals surface area contributed by atoms with E-state index in [2.05, 4.69) is 41.1 Å². The molecular formula is C27H25N2O4S+. The van der Waals surface area contributed by atoms with Gasteiger partial charge in [-0.3, -0.25) is 4.79 Å². The normalized spacial score (nSPS) is 11.6. The van der Waals surface area contributed by atoms with Crippen molar-refractivity contribution in [3.8, 4) is 11.5 Å². The first kappa shape index (κ1) is 22.4. The molecular weight excluding hydrogens is 448 g/mol. The van der Waals surface area contributed by atoms with E-state index in [1.807, 2.05) is 30.3 Å². The van der Waals surface area contributed by atoms with Crippen LogP contribution in [-0.2, 0) is 15.5 Å². The molecule has 0 aliphatic carbocycles. The minimum atomic E-state index is -0.735. The molecule has 0 saturated heterocycles. The van der Waals surface area contributed by atoms with Crippen molar-refractivity contribution in [2.75, 3.05) is 7.11 Å². The number of nitrogens with zero attached hydrogens (tertiary/aromatic N) is 2. The van der Waals surface area contributed by atoms with Crippen LogP contribution in [0.1, 0.15) is 25.7 Å². The summed E-state index contributed by atoms with van der Waals surface area (Å²) in [5, 5.41) is 12.0. The average molecular weight is 474 g/mol. The molecule has 6 nitrogen and oxygen atoms in total. The topological polar surface area (TPSA) is 76.4 Å². The number of unbranched alkanes of at least 4 members (excludes halogenated alkanes) is 2. The Morgan fingerprint density at radius 1 is 1.03 bits per heavy atom. The molecule has 3 aromatic carbocycles. The van der Waals surface area contributed by atoms with Crippen molar-refractivity contribution in [1.29, 1.82) is 0 Å². The number of aryl methyl sites for hydroxylation is 1. The lowest BCUT2D eigenvalue weighted by Crippen LogP contribution is -2.34. The van der Waals surface area contributed by atoms with Crippen LogP contribution >= 0.6 is 12.0 Å². The summed E-state index contributed by atoms with van der Waals surface area (Å²) < 4.78 is 13.8. The average Bonchev–Trinajstić information content (AvgIpc) is 3.28. The van der Waals surface area contributed by atoms with Crippen molar-refractivity contribution in [2.24, 2.45) is 0 Å². The summed E-state index contributed by atoms with van der Waals surface area (Å²) in [5.41, 5.74) is 3.61. The van der Waals surface area contributed by atoms with Gasteiger partial charge < -0.3 is 13.7 Å². The van der Waals surface area contributed by atoms with E-state index in [0.717, 1.165) is 62.6 Å². The molecule has 0 bridgehead atoms. The zero-order chi connectivity index (χ0) is 23.5. The lowest BCUT2D eigenvalue weighted by Gasteiger charge is -2.05. The van der Waals surface area contributed by atoms with Crippen molar-refractivity contribution in [3.05, 3.63) is 66.9 Å². The fraction of sp³-hybridized carbons (Fsp3) is 0.222. The van der Waals surface area contributed by atoms with E-state index in [1.54, 1.807) is 7.11 Å². The van der Waals surface area contributed by atoms with E-state index in [4.69, 9.17) is 18.7 Å². The number of benzene rings is 3. The largest absolute Gasteiger partial charge is 0.481 e. The first-order chi connectivity index (χ1) is 16.7. The zero-order valence-electron chi connectivity index (χ0n) is 18.9. The first-order valence-electron chi connectivity index (χ1n) is 11.3. The number of carboxylic acid groups (broad SMARTS) is 1. The Morgan fingerprint density at radius 3 is 2.59 bits per heavy atom. The van der Waals surface area contributed by atoms with E-state index < -0.39 is 5.97 Å². The van der Waals surface area contributed by atoms with Gasteiger partial charge in [0, 0.05) is 47.3 Å². The van der Waals surface area contributed by atoms with E-state index in [0.29, 0.717) is 12.3 Å². The molecule has 2 heterocycles. The van der Waals surface area contributed by atoms with Crippen LogP contribution in [0.4, 0.5) is 0 Å². The standard InChI is InChI=1S/C27H24N2O4S/c1-32-34-24-17-23-26(20-11-5-4-10-19(20)24)28-27(33-23)21-14-16-29(15-8-2-3-13-25(30)31)22-12-7-6-9-18(21)22/h4-7,9-12,14,16-17H,2-3,8,13,15H2,1H3/p+1. The Bertz CT molecular complexity index is 1490. The van der Waals surface area contributed by atoms with Crippen molar-refractivity contribution in [3.63, 3.8) is 0 Å². The molecule has 0 aliphatic rings. The van der Waals surface area contributed by atoms with Gasteiger partial charge in [-0.15, -0.1) is 0 Å². The molecule has 0 aliphatic heterocycles. The quantitative estimate of drug-likeness (QED) is 0.152. The summed E-state index contributed by atoms with van der Waals surface area (Å²) >= 11 is 1.32. The monoisotopic (exact) mass is 473 g/mol. The van der Waals surface area contributed by atoms with Crippen LogP contribution in [0.2, 0.25) is 0 Å². The van der Waals surface area contributed by atoms with Gasteiger partial charge in [-0.25, -0.2) is 4.98 Å². The minimum absolute atomic E-state index is 0.224. The Labute approximate surface area is 201 Å². The minimum Gasteiger partial charge on any atom is -0.481 e. The van der Waals surface area contributed by atoms with Gasteiger partial charge in [-0.05, 0) is 30.4 Å². The lowest BCUT2D eigenvalue weighted by atomic mass is 10.1. The molecule has 34 heavy (non-hydrogen) atoms. The number of hydrogen-bond donors (Lipinski definition) is 1. The number of carboxylic acids is 1. The van der Waals surface area contributed by atoms with Gasteiger partial charge in [0.05, 0.1) is 18.1 Å². The van der Waals surface area contributed by atoms with Gasteiger partial charge in [0.15, 0.2) is 11.8 Å². The van der Waals surface area contributed by atoms with Crippen LogP contribution in [0.25, 0.3) is 44.2 Å². The van der Waals surface area contributed by atoms with Crippen molar-refractivity contribution >= 4 is 50.8 Å². The number of aliphatic carboxylic acids is 1. The number of rotatable bonds is 9. The third-order valence-electron chi connectivity index (χ3n) is 5.98. The molecule has 0 unspecified atom stereocenters. The number of para-hydroxylation sites is 1. The van der Waals surface area contributed by atoms with Gasteiger partial charge >= 0.3 is 5.97 Å². The number of pyridine rings is 1. The second-order valence-corrected chi connectivity index (χ2v) is 9.12. The Morgan fingerprint density at radius 2 is 1.79 bits per heavy atom. The molecule has 0 fully saturated rings. The molecule has 172 valence electrons. The Kier molecular flexibility index (Phi) is 6.47. The molecule has 0 radical (unpaired) electrons. The van der Waals surface area contributed by atoms with Gasteiger partial charge in [0.1, 0.15) is 12.1 Å². The highest BCUT2D eigenvalue weighted by atomic mass is 32.2. The summed E-state index contributed by atoms with van der Waals surface area (Å²) in [6.07, 6.45) is 4.80. The SMILES string of the molecule is COSc1cc2oc(-c3cc[n+](CCCCCC(=O)O)c4ccccc34)nc2c2ccccc12. The van der Waals surface area contributed by atoms with Gasteiger partial charge in [0.2, 0.25) is 11.4 Å². The van der Waals surface area contributed by atoms with Gasteiger partial charge in [0.25, 0.3) is 0 Å². The van der Waals surface area contributed by atoms with Crippen molar-refractivity contribution < 1.29 is 23.1 Å². The van der Waals surface area contributed by atoms with Gasteiger partial charge in [-0.1, -0.05) is 36.4 Å². The van der Waals surface area contributed by atoms with E-state index >= 15 is 0 Å². The van der Waals surface area contributed by atoms with Crippen LogP contribution in [0, 0.1) is 0 Å². The molecule has 0 atom stereocenters. The molecule has 0 saturated carbocycles. The van der Waals surface area contributed by atoms with Crippen LogP contribution in [0.3, 0.4) is 0 Å². The summed E-state index contributed by atoms with van der Waals surface area (Å²) in [7, 11) is 1.66. The highest BCUT2D eigenvalue weighted by Crippen LogP contribution is 2.37. The Balaban J connectivity index is 1.54. The predicted molar refractivity (Wildman–Crippen MR) is 134 cm³/mol. The van der Waals surface area contributed by atoms with Gasteiger partial charge in [-0.2, -0.15) is 4.57 Å². The van der Waals surface area contributed by atoms with E-state index in [-0.39, 0.29) is 6.42 Å². The number of oxazole rings is 1. The van der Waals surface area contributed by atoms with Crippen LogP contribution in [0.15, 0.2) is 76.2 Å². The first-order valence-corrected chi connectivity index (χ1v) is 12.1. The second-order valence-electron chi connectivity index (χ2n) is 8.18. The predicted octanol–water partition coefficient (Wildman–Crippen LogP) is 6.39. The molecule has 2 aromatic heterocycles. The summed E-state index contributed by atoms with van der Waals surface area (Å²) in [6.45, 7) is 0.830. The maximum atomic E-state index is 10.7. The second kappa shape index (κ2) is 9.83. The number of hydrogen-bond acceptors (Lipinski definition) is 5. The smallest absolute Gasteiger partial charge is 0.303 e.